The van der Waals surface area contributed by atoms with Crippen molar-refractivity contribution < 1.29 is 22.8 Å². The van der Waals surface area contributed by atoms with E-state index in [1.165, 1.54) is 0 Å². The molecule has 0 bridgehead atoms. The molecule has 1 saturated heterocycles. The van der Waals surface area contributed by atoms with Crippen LogP contribution in [0.25, 0.3) is 0 Å². The van der Waals surface area contributed by atoms with Crippen LogP contribution >= 0.6 is 0 Å². The number of alkyl halides is 3. The molecule has 0 saturated carbocycles. The fourth-order valence-electron chi connectivity index (χ4n) is 2.91. The minimum absolute atomic E-state index is 0.0601. The maximum atomic E-state index is 12.7. The summed E-state index contributed by atoms with van der Waals surface area (Å²) in [7, 11) is 0. The van der Waals surface area contributed by atoms with Gasteiger partial charge in [0, 0.05) is 12.6 Å². The van der Waals surface area contributed by atoms with Crippen LogP contribution in [0.4, 0.5) is 13.2 Å². The minimum Gasteiger partial charge on any atom is -0.338 e. The Kier molecular flexibility index (Phi) is 4.90. The van der Waals surface area contributed by atoms with E-state index in [1.807, 2.05) is 26.1 Å². The number of carbonyl (C=O) groups is 2. The predicted molar refractivity (Wildman–Crippen MR) is 77.0 cm³/mol. The molecule has 2 atom stereocenters. The molecular formula is C15H25F3N2O2. The van der Waals surface area contributed by atoms with Crippen LogP contribution in [-0.4, -0.2) is 41.5 Å². The molecule has 1 aliphatic heterocycles. The molecule has 1 rings (SSSR count). The average Bonchev–Trinajstić information content (AvgIpc) is 2.55. The first kappa shape index (κ1) is 18.8. The summed E-state index contributed by atoms with van der Waals surface area (Å²) in [4.78, 5) is 25.5. The van der Waals surface area contributed by atoms with E-state index in [1.54, 1.807) is 25.7 Å². The zero-order valence-corrected chi connectivity index (χ0v) is 14.0. The standard InChI is InChI=1S/C15H25F3N2O2/c1-9-7-14(5,6)8-20(9)11(21)10(13(2,3)4)19-12(22)15(16,17)18/h9-10H,7-8H2,1-6H3,(H,19,22)/t9-,10-/m1/s1. The van der Waals surface area contributed by atoms with Gasteiger partial charge in [-0.25, -0.2) is 0 Å². The second-order valence-corrected chi connectivity index (χ2v) is 7.95. The molecule has 2 amide bonds. The molecular weight excluding hydrogens is 297 g/mol. The summed E-state index contributed by atoms with van der Waals surface area (Å²) >= 11 is 0. The van der Waals surface area contributed by atoms with E-state index in [9.17, 15) is 22.8 Å². The van der Waals surface area contributed by atoms with Crippen molar-refractivity contribution in [3.05, 3.63) is 0 Å². The summed E-state index contributed by atoms with van der Waals surface area (Å²) in [5, 5.41) is 1.87. The Morgan fingerprint density at radius 2 is 1.73 bits per heavy atom. The molecule has 1 aliphatic rings. The highest BCUT2D eigenvalue weighted by molar-refractivity contribution is 5.90. The van der Waals surface area contributed by atoms with E-state index in [4.69, 9.17) is 0 Å². The minimum atomic E-state index is -5.00. The molecule has 1 N–H and O–H groups in total. The zero-order chi connectivity index (χ0) is 17.5. The molecule has 22 heavy (non-hydrogen) atoms. The maximum absolute atomic E-state index is 12.7. The van der Waals surface area contributed by atoms with Gasteiger partial charge < -0.3 is 10.2 Å². The Balaban J connectivity index is 2.99. The Labute approximate surface area is 129 Å². The van der Waals surface area contributed by atoms with Crippen LogP contribution in [0, 0.1) is 10.8 Å². The van der Waals surface area contributed by atoms with Gasteiger partial charge in [-0.05, 0) is 24.2 Å². The third-order valence-corrected chi connectivity index (χ3v) is 3.91. The average molecular weight is 322 g/mol. The largest absolute Gasteiger partial charge is 0.471 e. The number of hydrogen-bond donors (Lipinski definition) is 1. The van der Waals surface area contributed by atoms with Crippen molar-refractivity contribution >= 4 is 11.8 Å². The first-order valence-electron chi connectivity index (χ1n) is 7.33. The van der Waals surface area contributed by atoms with Gasteiger partial charge in [-0.3, -0.25) is 9.59 Å². The molecule has 1 heterocycles. The second kappa shape index (κ2) is 5.74. The Morgan fingerprint density at radius 1 is 1.23 bits per heavy atom. The van der Waals surface area contributed by atoms with Gasteiger partial charge in [0.05, 0.1) is 0 Å². The van der Waals surface area contributed by atoms with Crippen LogP contribution in [0.5, 0.6) is 0 Å². The molecule has 0 aromatic rings. The van der Waals surface area contributed by atoms with Crippen LogP contribution < -0.4 is 5.32 Å². The Bertz CT molecular complexity index is 453. The normalized spacial score (nSPS) is 23.3. The monoisotopic (exact) mass is 322 g/mol. The number of nitrogens with one attached hydrogen (secondary N) is 1. The quantitative estimate of drug-likeness (QED) is 0.850. The molecule has 0 aromatic heterocycles. The van der Waals surface area contributed by atoms with Crippen LogP contribution in [-0.2, 0) is 9.59 Å². The van der Waals surface area contributed by atoms with Gasteiger partial charge >= 0.3 is 12.1 Å². The lowest BCUT2D eigenvalue weighted by Gasteiger charge is -2.35. The van der Waals surface area contributed by atoms with Crippen molar-refractivity contribution in [2.75, 3.05) is 6.54 Å². The highest BCUT2D eigenvalue weighted by Gasteiger charge is 2.47. The Morgan fingerprint density at radius 3 is 2.05 bits per heavy atom. The van der Waals surface area contributed by atoms with Crippen molar-refractivity contribution in [2.24, 2.45) is 10.8 Å². The lowest BCUT2D eigenvalue weighted by atomic mass is 9.85. The van der Waals surface area contributed by atoms with E-state index < -0.39 is 29.4 Å². The lowest BCUT2D eigenvalue weighted by Crippen LogP contribution is -2.57. The van der Waals surface area contributed by atoms with Crippen LogP contribution in [0.1, 0.15) is 48.0 Å². The summed E-state index contributed by atoms with van der Waals surface area (Å²) < 4.78 is 37.5. The van der Waals surface area contributed by atoms with Crippen molar-refractivity contribution in [3.8, 4) is 0 Å². The predicted octanol–water partition coefficient (Wildman–Crippen LogP) is 2.73. The third-order valence-electron chi connectivity index (χ3n) is 3.91. The molecule has 4 nitrogen and oxygen atoms in total. The van der Waals surface area contributed by atoms with E-state index in [-0.39, 0.29) is 11.5 Å². The van der Waals surface area contributed by atoms with Crippen LogP contribution in [0.2, 0.25) is 0 Å². The van der Waals surface area contributed by atoms with Gasteiger partial charge in [-0.1, -0.05) is 34.6 Å². The molecule has 0 unspecified atom stereocenters. The highest BCUT2D eigenvalue weighted by Crippen LogP contribution is 2.35. The number of hydrogen-bond acceptors (Lipinski definition) is 2. The first-order chi connectivity index (χ1) is 9.65. The summed E-state index contributed by atoms with van der Waals surface area (Å²) in [5.41, 5.74) is -0.893. The number of amides is 2. The van der Waals surface area contributed by atoms with Crippen LogP contribution in [0.3, 0.4) is 0 Å². The third kappa shape index (κ3) is 4.36. The van der Waals surface area contributed by atoms with Gasteiger partial charge in [0.15, 0.2) is 0 Å². The van der Waals surface area contributed by atoms with Gasteiger partial charge in [0.25, 0.3) is 0 Å². The van der Waals surface area contributed by atoms with Crippen molar-refractivity contribution in [1.29, 1.82) is 0 Å². The Hall–Kier alpha value is -1.27. The van der Waals surface area contributed by atoms with Gasteiger partial charge in [-0.15, -0.1) is 0 Å². The molecule has 0 aliphatic carbocycles. The molecule has 1 fully saturated rings. The number of halogens is 3. The molecule has 0 aromatic carbocycles. The number of rotatable bonds is 2. The second-order valence-electron chi connectivity index (χ2n) is 7.95. The zero-order valence-electron chi connectivity index (χ0n) is 14.0. The first-order valence-corrected chi connectivity index (χ1v) is 7.33. The SMILES string of the molecule is C[C@@H]1CC(C)(C)CN1C(=O)[C@@H](NC(=O)C(F)(F)F)C(C)(C)C. The van der Waals surface area contributed by atoms with Crippen LogP contribution in [0.15, 0.2) is 0 Å². The van der Waals surface area contributed by atoms with E-state index in [2.05, 4.69) is 0 Å². The highest BCUT2D eigenvalue weighted by atomic mass is 19.4. The summed E-state index contributed by atoms with van der Waals surface area (Å²) in [5.74, 6) is -2.53. The van der Waals surface area contributed by atoms with Gasteiger partial charge in [0.1, 0.15) is 6.04 Å². The summed E-state index contributed by atoms with van der Waals surface area (Å²) in [6, 6.07) is -1.27. The maximum Gasteiger partial charge on any atom is 0.471 e. The topological polar surface area (TPSA) is 49.4 Å². The molecule has 0 spiro atoms. The fourth-order valence-corrected chi connectivity index (χ4v) is 2.91. The number of carbonyl (C=O) groups excluding carboxylic acids is 2. The van der Waals surface area contributed by atoms with Gasteiger partial charge in [-0.2, -0.15) is 13.2 Å². The smallest absolute Gasteiger partial charge is 0.338 e. The molecule has 7 heteroatoms. The fraction of sp³-hybridized carbons (Fsp3) is 0.867. The van der Waals surface area contributed by atoms with E-state index >= 15 is 0 Å². The van der Waals surface area contributed by atoms with E-state index in [0.717, 1.165) is 6.42 Å². The number of nitrogens with zero attached hydrogens (tertiary/aromatic N) is 1. The van der Waals surface area contributed by atoms with Crippen molar-refractivity contribution in [2.45, 2.75) is 66.2 Å². The van der Waals surface area contributed by atoms with Crippen molar-refractivity contribution in [1.82, 2.24) is 10.2 Å². The number of likely N-dealkylation sites (tertiary alicyclic amines) is 1. The van der Waals surface area contributed by atoms with Gasteiger partial charge in [0.2, 0.25) is 5.91 Å². The lowest BCUT2D eigenvalue weighted by molar-refractivity contribution is -0.176. The van der Waals surface area contributed by atoms with Crippen molar-refractivity contribution in [3.63, 3.8) is 0 Å². The summed E-state index contributed by atoms with van der Waals surface area (Å²) in [6.07, 6.45) is -4.22. The summed E-state index contributed by atoms with van der Waals surface area (Å²) in [6.45, 7) is 11.3. The molecule has 0 radical (unpaired) electrons. The van der Waals surface area contributed by atoms with E-state index in [0.29, 0.717) is 6.54 Å². The molecule has 128 valence electrons.